The summed E-state index contributed by atoms with van der Waals surface area (Å²) in [6.45, 7) is 5.62. The van der Waals surface area contributed by atoms with Crippen LogP contribution in [0.15, 0.2) is 67.0 Å². The number of amides is 1. The van der Waals surface area contributed by atoms with Crippen LogP contribution in [0.2, 0.25) is 20.1 Å². The predicted octanol–water partition coefficient (Wildman–Crippen LogP) is 7.77. The Morgan fingerprint density at radius 2 is 1.57 bits per heavy atom. The molecule has 0 spiro atoms. The van der Waals surface area contributed by atoms with E-state index in [1.807, 2.05) is 49.6 Å². The van der Waals surface area contributed by atoms with Gasteiger partial charge in [0, 0.05) is 33.6 Å². The van der Waals surface area contributed by atoms with E-state index in [0.29, 0.717) is 42.7 Å². The first-order valence-corrected chi connectivity index (χ1v) is 12.8. The van der Waals surface area contributed by atoms with Crippen LogP contribution in [0.1, 0.15) is 35.6 Å². The number of benzene rings is 2. The van der Waals surface area contributed by atoms with Crippen molar-refractivity contribution in [2.45, 2.75) is 26.3 Å². The minimum atomic E-state index is -0.801. The molecule has 188 valence electrons. The van der Waals surface area contributed by atoms with Gasteiger partial charge < -0.3 is 9.72 Å². The summed E-state index contributed by atoms with van der Waals surface area (Å²) >= 11 is 24.9. The zero-order valence-corrected chi connectivity index (χ0v) is 23.1. The van der Waals surface area contributed by atoms with Crippen LogP contribution in [0.25, 0.3) is 22.6 Å². The van der Waals surface area contributed by atoms with Crippen molar-refractivity contribution in [2.24, 2.45) is 0 Å². The summed E-state index contributed by atoms with van der Waals surface area (Å²) in [6, 6.07) is 16.1. The van der Waals surface area contributed by atoms with Gasteiger partial charge in [-0.15, -0.1) is 0 Å². The molecule has 10 heteroatoms. The zero-order valence-electron chi connectivity index (χ0n) is 20.1. The number of rotatable bonds is 5. The lowest BCUT2D eigenvalue weighted by Crippen LogP contribution is -2.41. The molecule has 0 saturated heterocycles. The lowest BCUT2D eigenvalue weighted by Gasteiger charge is -2.23. The molecular weight excluding hydrogens is 552 g/mol. The van der Waals surface area contributed by atoms with Crippen LogP contribution in [0.5, 0.6) is 0 Å². The molecule has 0 aliphatic rings. The Labute approximate surface area is 233 Å². The number of carbonyl (C=O) groups excluding carboxylic acids is 1. The highest BCUT2D eigenvalue weighted by atomic mass is 35.5. The van der Waals surface area contributed by atoms with Gasteiger partial charge in [-0.3, -0.25) is 4.79 Å². The summed E-state index contributed by atoms with van der Waals surface area (Å²) in [5.41, 5.74) is 3.68. The Bertz CT molecular complexity index is 1650. The lowest BCUT2D eigenvalue weighted by molar-refractivity contribution is 0.0904. The first kappa shape index (κ1) is 25.6. The SMILES string of the molecule is Cc1c(C(=O)NC(C)(C)c2cn3cc(Cl)ccc3n2)nn(-c2ccc(Cl)cc2Cl)c1-c1ccc(Cl)cc1. The van der Waals surface area contributed by atoms with Gasteiger partial charge in [0.2, 0.25) is 0 Å². The number of fused-ring (bicyclic) bond motifs is 1. The molecule has 0 saturated carbocycles. The number of halogens is 4. The number of pyridine rings is 1. The van der Waals surface area contributed by atoms with Crippen molar-refractivity contribution in [1.29, 1.82) is 0 Å². The average molecular weight is 573 g/mol. The molecule has 5 aromatic rings. The van der Waals surface area contributed by atoms with Crippen molar-refractivity contribution in [3.8, 4) is 16.9 Å². The maximum absolute atomic E-state index is 13.6. The number of aromatic nitrogens is 4. The molecule has 2 aromatic carbocycles. The third-order valence-electron chi connectivity index (χ3n) is 6.07. The quantitative estimate of drug-likeness (QED) is 0.234. The van der Waals surface area contributed by atoms with Crippen LogP contribution in [0.4, 0.5) is 0 Å². The largest absolute Gasteiger partial charge is 0.340 e. The van der Waals surface area contributed by atoms with Gasteiger partial charge in [-0.2, -0.15) is 5.10 Å². The van der Waals surface area contributed by atoms with Crippen molar-refractivity contribution < 1.29 is 4.79 Å². The van der Waals surface area contributed by atoms with Crippen LogP contribution in [-0.4, -0.2) is 25.1 Å². The molecule has 37 heavy (non-hydrogen) atoms. The van der Waals surface area contributed by atoms with E-state index in [9.17, 15) is 4.79 Å². The van der Waals surface area contributed by atoms with Crippen molar-refractivity contribution in [3.05, 3.63) is 104 Å². The molecule has 3 aromatic heterocycles. The Hall–Kier alpha value is -3.03. The fraction of sp³-hybridized carbons (Fsp3) is 0.148. The monoisotopic (exact) mass is 571 g/mol. The van der Waals surface area contributed by atoms with Gasteiger partial charge >= 0.3 is 0 Å². The number of carbonyl (C=O) groups is 1. The number of nitrogens with zero attached hydrogens (tertiary/aromatic N) is 4. The fourth-order valence-electron chi connectivity index (χ4n) is 4.16. The van der Waals surface area contributed by atoms with Crippen molar-refractivity contribution in [1.82, 2.24) is 24.5 Å². The summed E-state index contributed by atoms with van der Waals surface area (Å²) in [7, 11) is 0. The average Bonchev–Trinajstić information content (AvgIpc) is 3.41. The second kappa shape index (κ2) is 9.69. The maximum atomic E-state index is 13.6. The third kappa shape index (κ3) is 4.94. The Morgan fingerprint density at radius 1 is 0.892 bits per heavy atom. The molecular formula is C27H21Cl4N5O. The van der Waals surface area contributed by atoms with Gasteiger partial charge in [0.25, 0.3) is 5.91 Å². The molecule has 0 aliphatic carbocycles. The van der Waals surface area contributed by atoms with Gasteiger partial charge in [-0.25, -0.2) is 9.67 Å². The van der Waals surface area contributed by atoms with E-state index < -0.39 is 5.54 Å². The molecule has 6 nitrogen and oxygen atoms in total. The molecule has 0 radical (unpaired) electrons. The Balaban J connectivity index is 1.57. The van der Waals surface area contributed by atoms with E-state index in [1.54, 1.807) is 47.3 Å². The summed E-state index contributed by atoms with van der Waals surface area (Å²) in [4.78, 5) is 18.3. The number of nitrogens with one attached hydrogen (secondary N) is 1. The molecule has 0 aliphatic heterocycles. The van der Waals surface area contributed by atoms with Gasteiger partial charge in [-0.1, -0.05) is 58.5 Å². The van der Waals surface area contributed by atoms with Gasteiger partial charge in [-0.05, 0) is 63.2 Å². The minimum absolute atomic E-state index is 0.260. The third-order valence-corrected chi connectivity index (χ3v) is 7.09. The van der Waals surface area contributed by atoms with E-state index >= 15 is 0 Å². The molecule has 1 amide bonds. The standard InChI is InChI=1S/C27H21Cl4N5O/c1-15-24(26(37)33-27(2,3)22-14-35-13-19(30)9-11-23(35)32-22)34-36(21-10-8-18(29)12-20(21)31)25(15)16-4-6-17(28)7-5-16/h4-14H,1-3H3,(H,33,37). The number of hydrogen-bond acceptors (Lipinski definition) is 3. The molecule has 3 heterocycles. The van der Waals surface area contributed by atoms with Crippen LogP contribution in [0.3, 0.4) is 0 Å². The predicted molar refractivity (Wildman–Crippen MR) is 149 cm³/mol. The highest BCUT2D eigenvalue weighted by Gasteiger charge is 2.30. The van der Waals surface area contributed by atoms with E-state index in [2.05, 4.69) is 10.3 Å². The smallest absolute Gasteiger partial charge is 0.272 e. The van der Waals surface area contributed by atoms with E-state index in [1.165, 1.54) is 0 Å². The van der Waals surface area contributed by atoms with Crippen molar-refractivity contribution in [2.75, 3.05) is 0 Å². The highest BCUT2D eigenvalue weighted by molar-refractivity contribution is 6.35. The molecule has 5 rings (SSSR count). The number of hydrogen-bond donors (Lipinski definition) is 1. The number of imidazole rings is 1. The summed E-state index contributed by atoms with van der Waals surface area (Å²) in [5.74, 6) is -0.350. The molecule has 0 unspecified atom stereocenters. The first-order valence-electron chi connectivity index (χ1n) is 11.3. The van der Waals surface area contributed by atoms with Crippen LogP contribution in [0, 0.1) is 6.92 Å². The maximum Gasteiger partial charge on any atom is 0.272 e. The molecule has 0 fully saturated rings. The first-order chi connectivity index (χ1) is 17.5. The Morgan fingerprint density at radius 3 is 2.27 bits per heavy atom. The summed E-state index contributed by atoms with van der Waals surface area (Å²) in [5, 5.41) is 9.88. The van der Waals surface area contributed by atoms with E-state index in [4.69, 9.17) is 51.5 Å². The highest BCUT2D eigenvalue weighted by Crippen LogP contribution is 2.33. The van der Waals surface area contributed by atoms with E-state index in [0.717, 1.165) is 11.2 Å². The van der Waals surface area contributed by atoms with E-state index in [-0.39, 0.29) is 11.6 Å². The minimum Gasteiger partial charge on any atom is -0.340 e. The molecule has 1 N–H and O–H groups in total. The second-order valence-corrected chi connectivity index (χ2v) is 10.9. The second-order valence-electron chi connectivity index (χ2n) is 9.15. The summed E-state index contributed by atoms with van der Waals surface area (Å²) < 4.78 is 3.48. The van der Waals surface area contributed by atoms with Crippen LogP contribution < -0.4 is 5.32 Å². The van der Waals surface area contributed by atoms with Gasteiger partial charge in [0.15, 0.2) is 5.69 Å². The fourth-order valence-corrected chi connectivity index (χ4v) is 4.94. The summed E-state index contributed by atoms with van der Waals surface area (Å²) in [6.07, 6.45) is 3.62. The molecule has 0 atom stereocenters. The van der Waals surface area contributed by atoms with Crippen molar-refractivity contribution >= 4 is 58.0 Å². The van der Waals surface area contributed by atoms with Crippen LogP contribution >= 0.6 is 46.4 Å². The van der Waals surface area contributed by atoms with Gasteiger partial charge in [0.1, 0.15) is 5.65 Å². The normalized spacial score (nSPS) is 11.8. The lowest BCUT2D eigenvalue weighted by atomic mass is 10.0. The molecule has 0 bridgehead atoms. The zero-order chi connectivity index (χ0) is 26.5. The van der Waals surface area contributed by atoms with Crippen molar-refractivity contribution in [3.63, 3.8) is 0 Å². The topological polar surface area (TPSA) is 64.2 Å². The Kier molecular flexibility index (Phi) is 6.71. The van der Waals surface area contributed by atoms with Gasteiger partial charge in [0.05, 0.1) is 32.7 Å². The van der Waals surface area contributed by atoms with Crippen LogP contribution in [-0.2, 0) is 5.54 Å².